The molecule has 0 saturated heterocycles. The Morgan fingerprint density at radius 1 is 1.24 bits per heavy atom. The Hall–Kier alpha value is -2.68. The average Bonchev–Trinajstić information content (AvgIpc) is 2.71. The largest absolute Gasteiger partial charge is 0.508 e. The number of phenols is 1. The molecule has 0 aliphatic rings. The first-order chi connectivity index (χ1) is 15.4. The van der Waals surface area contributed by atoms with Crippen molar-refractivity contribution < 1.29 is 24.2 Å². The number of nitrogens with one attached hydrogen (secondary N) is 2. The van der Waals surface area contributed by atoms with Crippen molar-refractivity contribution in [3.05, 3.63) is 42.5 Å². The fourth-order valence-electron chi connectivity index (χ4n) is 3.29. The highest BCUT2D eigenvalue weighted by Crippen LogP contribution is 2.30. The third-order valence-electron chi connectivity index (χ3n) is 4.68. The molecule has 9 heteroatoms. The van der Waals surface area contributed by atoms with Crippen LogP contribution in [0.5, 0.6) is 5.75 Å². The van der Waals surface area contributed by atoms with Gasteiger partial charge in [0.2, 0.25) is 11.8 Å². The number of hydrogen-bond donors (Lipinski definition) is 4. The van der Waals surface area contributed by atoms with Gasteiger partial charge in [-0.15, -0.1) is 6.58 Å². The van der Waals surface area contributed by atoms with Gasteiger partial charge >= 0.3 is 6.09 Å². The van der Waals surface area contributed by atoms with Crippen molar-refractivity contribution in [3.63, 3.8) is 0 Å². The molecular formula is C24H37N3O5S. The standard InChI is InChI=1S/C24H37N3O5S/c1-7-11-16(3)25-21(29)20(17-12-9-10-13-19(17)28)27(14-8-2)22(30)18(15-33)26-23(31)32-24(4,5)6/h8-10,12-13,16,18,20,28,33H,2,7,11,14-15H2,1,3-6H3,(H,25,29)(H,26,31). The highest BCUT2D eigenvalue weighted by atomic mass is 32.1. The van der Waals surface area contributed by atoms with Gasteiger partial charge in [0.05, 0.1) is 0 Å². The number of phenolic OH excluding ortho intramolecular Hbond substituents is 1. The Kier molecular flexibility index (Phi) is 11.3. The van der Waals surface area contributed by atoms with E-state index in [0.29, 0.717) is 0 Å². The van der Waals surface area contributed by atoms with Crippen LogP contribution in [0.15, 0.2) is 36.9 Å². The molecule has 0 fully saturated rings. The lowest BCUT2D eigenvalue weighted by molar-refractivity contribution is -0.141. The predicted octanol–water partition coefficient (Wildman–Crippen LogP) is 3.58. The maximum Gasteiger partial charge on any atom is 0.408 e. The SMILES string of the molecule is C=CCN(C(=O)C(CS)NC(=O)OC(C)(C)C)C(C(=O)NC(C)CCC)c1ccccc1O. The van der Waals surface area contributed by atoms with E-state index in [-0.39, 0.29) is 29.7 Å². The number of alkyl carbamates (subject to hydrolysis) is 1. The summed E-state index contributed by atoms with van der Waals surface area (Å²) in [5, 5.41) is 15.9. The molecule has 3 amide bonds. The minimum Gasteiger partial charge on any atom is -0.508 e. The second kappa shape index (κ2) is 13.1. The molecule has 0 spiro atoms. The number of thiol groups is 1. The minimum atomic E-state index is -1.14. The summed E-state index contributed by atoms with van der Waals surface area (Å²) in [5.41, 5.74) is -0.480. The van der Waals surface area contributed by atoms with Crippen molar-refractivity contribution in [2.45, 2.75) is 71.2 Å². The molecule has 3 N–H and O–H groups in total. The summed E-state index contributed by atoms with van der Waals surface area (Å²) in [5.74, 6) is -1.14. The van der Waals surface area contributed by atoms with Gasteiger partial charge in [-0.3, -0.25) is 9.59 Å². The van der Waals surface area contributed by atoms with Crippen LogP contribution in [0.3, 0.4) is 0 Å². The molecule has 0 aliphatic carbocycles. The Morgan fingerprint density at radius 2 is 1.88 bits per heavy atom. The Morgan fingerprint density at radius 3 is 2.39 bits per heavy atom. The van der Waals surface area contributed by atoms with Gasteiger partial charge in [-0.1, -0.05) is 37.6 Å². The summed E-state index contributed by atoms with van der Waals surface area (Å²) in [6, 6.07) is 4.03. The fourth-order valence-corrected chi connectivity index (χ4v) is 3.54. The highest BCUT2D eigenvalue weighted by molar-refractivity contribution is 7.80. The monoisotopic (exact) mass is 479 g/mol. The van der Waals surface area contributed by atoms with Gasteiger partial charge in [0.15, 0.2) is 0 Å². The van der Waals surface area contributed by atoms with E-state index in [0.717, 1.165) is 12.8 Å². The molecule has 0 bridgehead atoms. The number of hydrogen-bond acceptors (Lipinski definition) is 6. The zero-order valence-electron chi connectivity index (χ0n) is 20.1. The zero-order valence-corrected chi connectivity index (χ0v) is 21.0. The molecule has 184 valence electrons. The first-order valence-corrected chi connectivity index (χ1v) is 11.7. The van der Waals surface area contributed by atoms with E-state index in [1.165, 1.54) is 17.0 Å². The normalized spacial score (nSPS) is 13.9. The number of para-hydroxylation sites is 1. The van der Waals surface area contributed by atoms with Crippen LogP contribution in [0.2, 0.25) is 0 Å². The van der Waals surface area contributed by atoms with E-state index in [1.807, 2.05) is 13.8 Å². The zero-order chi connectivity index (χ0) is 25.2. The van der Waals surface area contributed by atoms with E-state index < -0.39 is 35.6 Å². The fraction of sp³-hybridized carbons (Fsp3) is 0.542. The Labute approximate surface area is 202 Å². The minimum absolute atomic E-state index is 0.00763. The Bertz CT molecular complexity index is 825. The van der Waals surface area contributed by atoms with Crippen molar-refractivity contribution in [3.8, 4) is 5.75 Å². The molecule has 1 rings (SSSR count). The number of benzene rings is 1. The number of carbonyl (C=O) groups excluding carboxylic acids is 3. The first kappa shape index (κ1) is 28.4. The van der Waals surface area contributed by atoms with Crippen molar-refractivity contribution in [1.82, 2.24) is 15.5 Å². The van der Waals surface area contributed by atoms with Crippen molar-refractivity contribution in [2.75, 3.05) is 12.3 Å². The summed E-state index contributed by atoms with van der Waals surface area (Å²) in [6.07, 6.45) is 2.35. The lowest BCUT2D eigenvalue weighted by atomic mass is 10.0. The third-order valence-corrected chi connectivity index (χ3v) is 5.05. The van der Waals surface area contributed by atoms with Crippen LogP contribution >= 0.6 is 12.6 Å². The molecule has 33 heavy (non-hydrogen) atoms. The van der Waals surface area contributed by atoms with Gasteiger partial charge in [-0.05, 0) is 40.2 Å². The highest BCUT2D eigenvalue weighted by Gasteiger charge is 2.36. The molecule has 3 atom stereocenters. The number of amides is 3. The summed E-state index contributed by atoms with van der Waals surface area (Å²) in [7, 11) is 0. The van der Waals surface area contributed by atoms with Crippen LogP contribution in [0, 0.1) is 0 Å². The van der Waals surface area contributed by atoms with Crippen LogP contribution < -0.4 is 10.6 Å². The first-order valence-electron chi connectivity index (χ1n) is 11.0. The molecular weight excluding hydrogens is 442 g/mol. The van der Waals surface area contributed by atoms with Crippen LogP contribution in [-0.2, 0) is 14.3 Å². The van der Waals surface area contributed by atoms with Gasteiger partial charge in [0, 0.05) is 23.9 Å². The molecule has 0 heterocycles. The van der Waals surface area contributed by atoms with Crippen LogP contribution in [0.1, 0.15) is 59.1 Å². The van der Waals surface area contributed by atoms with Crippen LogP contribution in [-0.4, -0.2) is 57.9 Å². The molecule has 3 unspecified atom stereocenters. The van der Waals surface area contributed by atoms with Gasteiger partial charge < -0.3 is 25.4 Å². The van der Waals surface area contributed by atoms with Crippen LogP contribution in [0.4, 0.5) is 4.79 Å². The quantitative estimate of drug-likeness (QED) is 0.287. The van der Waals surface area contributed by atoms with E-state index in [4.69, 9.17) is 4.74 Å². The van der Waals surface area contributed by atoms with E-state index in [9.17, 15) is 19.5 Å². The van der Waals surface area contributed by atoms with Crippen LogP contribution in [0.25, 0.3) is 0 Å². The predicted molar refractivity (Wildman–Crippen MR) is 132 cm³/mol. The summed E-state index contributed by atoms with van der Waals surface area (Å²) in [6.45, 7) is 12.7. The molecule has 8 nitrogen and oxygen atoms in total. The average molecular weight is 480 g/mol. The molecule has 1 aromatic carbocycles. The number of ether oxygens (including phenoxy) is 1. The van der Waals surface area contributed by atoms with Gasteiger partial charge in [-0.25, -0.2) is 4.79 Å². The summed E-state index contributed by atoms with van der Waals surface area (Å²) >= 11 is 4.22. The summed E-state index contributed by atoms with van der Waals surface area (Å²) < 4.78 is 5.26. The van der Waals surface area contributed by atoms with Gasteiger partial charge in [-0.2, -0.15) is 12.6 Å². The van der Waals surface area contributed by atoms with Gasteiger partial charge in [0.1, 0.15) is 23.4 Å². The third kappa shape index (κ3) is 9.00. The smallest absolute Gasteiger partial charge is 0.408 e. The maximum absolute atomic E-state index is 13.5. The topological polar surface area (TPSA) is 108 Å². The lowest BCUT2D eigenvalue weighted by Crippen LogP contribution is -2.54. The van der Waals surface area contributed by atoms with Crippen molar-refractivity contribution >= 4 is 30.5 Å². The number of carbonyl (C=O) groups is 3. The second-order valence-electron chi connectivity index (χ2n) is 8.82. The summed E-state index contributed by atoms with van der Waals surface area (Å²) in [4.78, 5) is 40.4. The molecule has 0 aromatic heterocycles. The number of rotatable bonds is 11. The van der Waals surface area contributed by atoms with E-state index >= 15 is 0 Å². The molecule has 1 aromatic rings. The number of aromatic hydroxyl groups is 1. The van der Waals surface area contributed by atoms with Crippen molar-refractivity contribution in [1.29, 1.82) is 0 Å². The molecule has 0 radical (unpaired) electrons. The van der Waals surface area contributed by atoms with Gasteiger partial charge in [0.25, 0.3) is 0 Å². The maximum atomic E-state index is 13.5. The Balaban J connectivity index is 3.34. The molecule has 0 saturated carbocycles. The number of nitrogens with zero attached hydrogens (tertiary/aromatic N) is 1. The molecule has 0 aliphatic heterocycles. The lowest BCUT2D eigenvalue weighted by Gasteiger charge is -2.34. The van der Waals surface area contributed by atoms with Crippen molar-refractivity contribution in [2.24, 2.45) is 0 Å². The van der Waals surface area contributed by atoms with E-state index in [2.05, 4.69) is 29.8 Å². The second-order valence-corrected chi connectivity index (χ2v) is 9.19. The van der Waals surface area contributed by atoms with E-state index in [1.54, 1.807) is 39.0 Å².